The minimum atomic E-state index is -1.13. The van der Waals surface area contributed by atoms with E-state index < -0.39 is 17.6 Å². The average Bonchev–Trinajstić information content (AvgIpc) is 2.92. The highest BCUT2D eigenvalue weighted by molar-refractivity contribution is 5.85. The molecule has 10 nitrogen and oxygen atoms in total. The summed E-state index contributed by atoms with van der Waals surface area (Å²) in [6, 6.07) is 14.2. The summed E-state index contributed by atoms with van der Waals surface area (Å²) >= 11 is 0. The van der Waals surface area contributed by atoms with Crippen molar-refractivity contribution in [3.05, 3.63) is 54.1 Å². The number of aliphatic carboxylic acids is 1. The van der Waals surface area contributed by atoms with Crippen molar-refractivity contribution >= 4 is 23.5 Å². The maximum absolute atomic E-state index is 12.9. The van der Waals surface area contributed by atoms with Gasteiger partial charge in [-0.25, -0.2) is 9.79 Å². The molecule has 1 saturated heterocycles. The predicted octanol–water partition coefficient (Wildman–Crippen LogP) is 4.20. The molecule has 216 valence electrons. The van der Waals surface area contributed by atoms with E-state index in [1.165, 1.54) is 0 Å². The molecule has 0 bridgehead atoms. The fraction of sp³-hybridized carbons (Fsp3) is 0.500. The Bertz CT molecular complexity index is 1190. The number of carbonyl (C=O) groups excluding carboxylic acids is 1. The van der Waals surface area contributed by atoms with Crippen LogP contribution in [-0.4, -0.2) is 65.3 Å². The Kier molecular flexibility index (Phi) is 9.65. The Balaban J connectivity index is 1.46. The minimum absolute atomic E-state index is 0.0700. The Morgan fingerprint density at radius 1 is 1.15 bits per heavy atom. The molecule has 1 amide bonds. The van der Waals surface area contributed by atoms with E-state index in [9.17, 15) is 14.7 Å². The fourth-order valence-corrected chi connectivity index (χ4v) is 5.03. The zero-order valence-electron chi connectivity index (χ0n) is 23.5. The van der Waals surface area contributed by atoms with Crippen LogP contribution in [0.4, 0.5) is 5.69 Å². The summed E-state index contributed by atoms with van der Waals surface area (Å²) in [4.78, 5) is 31.4. The first-order valence-electron chi connectivity index (χ1n) is 13.8. The summed E-state index contributed by atoms with van der Waals surface area (Å²) in [5.74, 6) is 0.643. The Hall–Kier alpha value is -3.63. The summed E-state index contributed by atoms with van der Waals surface area (Å²) in [5.41, 5.74) is 7.75. The van der Waals surface area contributed by atoms with Crippen LogP contribution in [0.15, 0.2) is 53.5 Å². The molecular formula is C30H40N4O6. The quantitative estimate of drug-likeness (QED) is 0.377. The third kappa shape index (κ3) is 8.19. The lowest BCUT2D eigenvalue weighted by molar-refractivity contribution is -0.145. The molecule has 2 aliphatic rings. The summed E-state index contributed by atoms with van der Waals surface area (Å²) in [5, 5.41) is 12.2. The van der Waals surface area contributed by atoms with Crippen molar-refractivity contribution in [1.82, 2.24) is 10.2 Å². The Morgan fingerprint density at radius 2 is 1.88 bits per heavy atom. The van der Waals surface area contributed by atoms with Gasteiger partial charge in [-0.3, -0.25) is 4.79 Å². The zero-order valence-corrected chi connectivity index (χ0v) is 23.5. The monoisotopic (exact) mass is 552 g/mol. The van der Waals surface area contributed by atoms with Crippen molar-refractivity contribution in [1.29, 1.82) is 0 Å². The zero-order chi connectivity index (χ0) is 28.7. The molecule has 0 aromatic heterocycles. The number of carboxylic acid groups (broad SMARTS) is 1. The summed E-state index contributed by atoms with van der Waals surface area (Å²) in [6.45, 7) is 7.23. The number of hydrogen-bond donors (Lipinski definition) is 3. The molecule has 1 unspecified atom stereocenters. The molecule has 4 N–H and O–H groups in total. The van der Waals surface area contributed by atoms with E-state index in [1.807, 2.05) is 69.3 Å². The van der Waals surface area contributed by atoms with Gasteiger partial charge in [0.25, 0.3) is 0 Å². The lowest BCUT2D eigenvalue weighted by Crippen LogP contribution is -2.50. The largest absolute Gasteiger partial charge is 0.480 e. The number of benzene rings is 2. The van der Waals surface area contributed by atoms with Gasteiger partial charge in [0.15, 0.2) is 12.0 Å². The first-order chi connectivity index (χ1) is 19.1. The molecule has 2 atom stereocenters. The first-order valence-corrected chi connectivity index (χ1v) is 13.8. The second-order valence-electron chi connectivity index (χ2n) is 11.2. The molecule has 2 aliphatic heterocycles. The summed E-state index contributed by atoms with van der Waals surface area (Å²) in [7, 11) is 0. The molecular weight excluding hydrogens is 512 g/mol. The van der Waals surface area contributed by atoms with Crippen LogP contribution in [0.1, 0.15) is 52.0 Å². The molecule has 0 spiro atoms. The highest BCUT2D eigenvalue weighted by Crippen LogP contribution is 2.35. The van der Waals surface area contributed by atoms with E-state index in [0.29, 0.717) is 37.9 Å². The third-order valence-electron chi connectivity index (χ3n) is 7.09. The molecule has 0 radical (unpaired) electrons. The van der Waals surface area contributed by atoms with Gasteiger partial charge in [-0.05, 0) is 76.3 Å². The minimum Gasteiger partial charge on any atom is -0.480 e. The number of nitrogens with one attached hydrogen (secondary N) is 1. The average molecular weight is 553 g/mol. The van der Waals surface area contributed by atoms with Crippen LogP contribution in [0.5, 0.6) is 11.5 Å². The normalized spacial score (nSPS) is 17.4. The van der Waals surface area contributed by atoms with Crippen LogP contribution in [0.3, 0.4) is 0 Å². The molecule has 1 fully saturated rings. The molecule has 0 aliphatic carbocycles. The highest BCUT2D eigenvalue weighted by Gasteiger charge is 2.33. The van der Waals surface area contributed by atoms with Crippen molar-refractivity contribution in [2.45, 2.75) is 70.7 Å². The van der Waals surface area contributed by atoms with Crippen LogP contribution in [0.25, 0.3) is 0 Å². The number of carbonyl (C=O) groups is 2. The topological polar surface area (TPSA) is 136 Å². The molecule has 0 saturated carbocycles. The number of amides is 1. The van der Waals surface area contributed by atoms with Gasteiger partial charge in [-0.15, -0.1) is 0 Å². The van der Waals surface area contributed by atoms with E-state index in [1.54, 1.807) is 0 Å². The number of nitrogens with zero attached hydrogens (tertiary/aromatic N) is 2. The van der Waals surface area contributed by atoms with Crippen LogP contribution in [0, 0.1) is 5.92 Å². The molecule has 4 rings (SSSR count). The number of carboxylic acids is 1. The van der Waals surface area contributed by atoms with Crippen LogP contribution < -0.4 is 15.8 Å². The molecule has 2 aromatic carbocycles. The van der Waals surface area contributed by atoms with Crippen molar-refractivity contribution in [2.75, 3.05) is 19.8 Å². The Morgan fingerprint density at radius 3 is 2.55 bits per heavy atom. The maximum atomic E-state index is 12.9. The van der Waals surface area contributed by atoms with Gasteiger partial charge in [0.05, 0.1) is 17.9 Å². The first kappa shape index (κ1) is 29.4. The number of ether oxygens (including phenoxy) is 3. The van der Waals surface area contributed by atoms with Gasteiger partial charge in [0.1, 0.15) is 11.5 Å². The lowest BCUT2D eigenvalue weighted by atomic mass is 9.87. The summed E-state index contributed by atoms with van der Waals surface area (Å²) in [6.07, 6.45) is 2.33. The molecule has 40 heavy (non-hydrogen) atoms. The maximum Gasteiger partial charge on any atom is 0.328 e. The van der Waals surface area contributed by atoms with Crippen LogP contribution in [-0.2, 0) is 25.6 Å². The van der Waals surface area contributed by atoms with Crippen molar-refractivity contribution in [3.8, 4) is 11.5 Å². The molecule has 2 aromatic rings. The number of guanidine groups is 1. The third-order valence-corrected chi connectivity index (χ3v) is 7.09. The summed E-state index contributed by atoms with van der Waals surface area (Å²) < 4.78 is 17.2. The van der Waals surface area contributed by atoms with Crippen molar-refractivity contribution in [3.63, 3.8) is 0 Å². The number of fused-ring (bicyclic) bond motifs is 1. The second kappa shape index (κ2) is 13.1. The number of rotatable bonds is 11. The van der Waals surface area contributed by atoms with E-state index in [0.717, 1.165) is 29.8 Å². The van der Waals surface area contributed by atoms with E-state index in [4.69, 9.17) is 19.9 Å². The number of nitrogens with two attached hydrogens (primary N) is 1. The van der Waals surface area contributed by atoms with E-state index in [2.05, 4.69) is 15.2 Å². The van der Waals surface area contributed by atoms with Gasteiger partial charge in [0, 0.05) is 37.8 Å². The molecule has 2 heterocycles. The second-order valence-corrected chi connectivity index (χ2v) is 11.2. The lowest BCUT2D eigenvalue weighted by Gasteiger charge is -2.41. The van der Waals surface area contributed by atoms with Crippen molar-refractivity contribution in [2.24, 2.45) is 16.6 Å². The van der Waals surface area contributed by atoms with Gasteiger partial charge in [-0.2, -0.15) is 0 Å². The number of aliphatic imine (C=N–C) groups is 1. The van der Waals surface area contributed by atoms with Gasteiger partial charge in [-0.1, -0.05) is 18.2 Å². The number of para-hydroxylation sites is 1. The predicted molar refractivity (Wildman–Crippen MR) is 152 cm³/mol. The van der Waals surface area contributed by atoms with Gasteiger partial charge in [0.2, 0.25) is 5.91 Å². The SMILES string of the molecule is CC(C)(C)OCC(NC(=O)CC[C@@H](C1CCOCC1)N1Cc2cc(Oc3ccccc3)ccc2N=C1N)C(=O)O. The molecule has 10 heteroatoms. The van der Waals surface area contributed by atoms with E-state index in [-0.39, 0.29) is 30.9 Å². The van der Waals surface area contributed by atoms with E-state index >= 15 is 0 Å². The van der Waals surface area contributed by atoms with Crippen LogP contribution in [0.2, 0.25) is 0 Å². The standard InChI is InChI=1S/C30H40N4O6/c1-30(2,3)39-19-25(28(36)37)32-27(35)12-11-26(20-13-15-38-16-14-20)34-18-21-17-23(9-10-24(21)33-29(34)31)40-22-7-5-4-6-8-22/h4-10,17,20,25-26H,11-16,18-19H2,1-3H3,(H2,31,33)(H,32,35)(H,36,37)/t25?,26-/m0/s1. The fourth-order valence-electron chi connectivity index (χ4n) is 5.03. The van der Waals surface area contributed by atoms with Crippen LogP contribution >= 0.6 is 0 Å². The van der Waals surface area contributed by atoms with Gasteiger partial charge < -0.3 is 35.3 Å². The smallest absolute Gasteiger partial charge is 0.328 e. The van der Waals surface area contributed by atoms with Gasteiger partial charge >= 0.3 is 5.97 Å². The Labute approximate surface area is 235 Å². The highest BCUT2D eigenvalue weighted by atomic mass is 16.5. The number of hydrogen-bond acceptors (Lipinski definition) is 8. The van der Waals surface area contributed by atoms with Crippen molar-refractivity contribution < 1.29 is 28.9 Å².